The van der Waals surface area contributed by atoms with Crippen molar-refractivity contribution in [2.45, 2.75) is 50.4 Å². The normalized spacial score (nSPS) is 30.8. The topological polar surface area (TPSA) is 51.7 Å². The van der Waals surface area contributed by atoms with Crippen molar-refractivity contribution >= 4 is 5.91 Å². The molecular formula is C18H24N2O3. The molecule has 1 amide bonds. The van der Waals surface area contributed by atoms with Gasteiger partial charge in [0, 0.05) is 37.8 Å². The van der Waals surface area contributed by atoms with Crippen LogP contribution in [-0.4, -0.2) is 47.2 Å². The smallest absolute Gasteiger partial charge is 0.225 e. The summed E-state index contributed by atoms with van der Waals surface area (Å²) < 4.78 is 12.1. The predicted octanol–water partition coefficient (Wildman–Crippen LogP) is 2.16. The zero-order chi connectivity index (χ0) is 15.7. The quantitative estimate of drug-likeness (QED) is 0.854. The van der Waals surface area contributed by atoms with E-state index < -0.39 is 0 Å². The summed E-state index contributed by atoms with van der Waals surface area (Å²) in [4.78, 5) is 18.5. The van der Waals surface area contributed by atoms with Gasteiger partial charge in [-0.15, -0.1) is 0 Å². The van der Waals surface area contributed by atoms with Gasteiger partial charge < -0.3 is 14.4 Å². The highest BCUT2D eigenvalue weighted by Gasteiger charge is 2.46. The summed E-state index contributed by atoms with van der Waals surface area (Å²) >= 11 is 0. The van der Waals surface area contributed by atoms with Crippen LogP contribution in [0.3, 0.4) is 0 Å². The Morgan fingerprint density at radius 3 is 3.17 bits per heavy atom. The Bertz CT molecular complexity index is 561. The lowest BCUT2D eigenvalue weighted by atomic mass is 9.89. The average molecular weight is 316 g/mol. The molecule has 0 radical (unpaired) electrons. The summed E-state index contributed by atoms with van der Waals surface area (Å²) in [6.07, 6.45) is 8.82. The number of nitrogens with zero attached hydrogens (tertiary/aromatic N) is 2. The largest absolute Gasteiger partial charge is 0.371 e. The maximum Gasteiger partial charge on any atom is 0.225 e. The number of ether oxygens (including phenoxy) is 2. The zero-order valence-corrected chi connectivity index (χ0v) is 13.4. The molecule has 2 aliphatic heterocycles. The lowest BCUT2D eigenvalue weighted by Gasteiger charge is -2.39. The van der Waals surface area contributed by atoms with E-state index >= 15 is 0 Å². The number of rotatable bonds is 4. The highest BCUT2D eigenvalue weighted by molar-refractivity contribution is 5.81. The molecular weight excluding hydrogens is 292 g/mol. The monoisotopic (exact) mass is 316 g/mol. The van der Waals surface area contributed by atoms with Gasteiger partial charge in [-0.05, 0) is 37.3 Å². The Balaban J connectivity index is 1.32. The fraction of sp³-hybridized carbons (Fsp3) is 0.667. The van der Waals surface area contributed by atoms with E-state index in [2.05, 4.69) is 4.98 Å². The van der Waals surface area contributed by atoms with Gasteiger partial charge >= 0.3 is 0 Å². The molecule has 0 bridgehead atoms. The minimum atomic E-state index is -0.178. The first-order chi connectivity index (χ1) is 11.2. The zero-order valence-electron chi connectivity index (χ0n) is 13.4. The third-order valence-corrected chi connectivity index (χ3v) is 5.16. The first-order valence-corrected chi connectivity index (χ1v) is 8.67. The van der Waals surface area contributed by atoms with Gasteiger partial charge in [-0.3, -0.25) is 9.78 Å². The number of likely N-dealkylation sites (tertiary alicyclic amines) is 1. The van der Waals surface area contributed by atoms with Crippen molar-refractivity contribution < 1.29 is 14.3 Å². The SMILES string of the molecule is O=C(C1CC1)N1CCC[C@]2(C[C@H](OCc3cccnc3)CO2)C1. The van der Waals surface area contributed by atoms with Crippen molar-refractivity contribution in [3.63, 3.8) is 0 Å². The molecule has 5 nitrogen and oxygen atoms in total. The number of hydrogen-bond acceptors (Lipinski definition) is 4. The lowest BCUT2D eigenvalue weighted by molar-refractivity contribution is -0.140. The molecule has 5 heteroatoms. The van der Waals surface area contributed by atoms with E-state index in [0.29, 0.717) is 25.0 Å². The molecule has 1 saturated carbocycles. The molecule has 1 aliphatic carbocycles. The Morgan fingerprint density at radius 1 is 1.48 bits per heavy atom. The Labute approximate surface area is 137 Å². The fourth-order valence-electron chi connectivity index (χ4n) is 3.77. The van der Waals surface area contributed by atoms with E-state index in [9.17, 15) is 4.79 Å². The van der Waals surface area contributed by atoms with Gasteiger partial charge in [0.1, 0.15) is 0 Å². The van der Waals surface area contributed by atoms with Crippen molar-refractivity contribution in [1.29, 1.82) is 0 Å². The molecule has 1 aromatic rings. The van der Waals surface area contributed by atoms with Crippen LogP contribution in [0.4, 0.5) is 0 Å². The minimum Gasteiger partial charge on any atom is -0.371 e. The second kappa shape index (κ2) is 6.21. The maximum absolute atomic E-state index is 12.3. The first kappa shape index (κ1) is 15.1. The van der Waals surface area contributed by atoms with Gasteiger partial charge in [-0.2, -0.15) is 0 Å². The summed E-state index contributed by atoms with van der Waals surface area (Å²) in [5.74, 6) is 0.636. The van der Waals surface area contributed by atoms with Gasteiger partial charge in [-0.25, -0.2) is 0 Å². The summed E-state index contributed by atoms with van der Waals surface area (Å²) in [6, 6.07) is 3.95. The molecule has 0 aromatic carbocycles. The van der Waals surface area contributed by atoms with Crippen LogP contribution >= 0.6 is 0 Å². The number of pyridine rings is 1. The minimum absolute atomic E-state index is 0.117. The highest BCUT2D eigenvalue weighted by Crippen LogP contribution is 2.38. The summed E-state index contributed by atoms with van der Waals surface area (Å²) in [6.45, 7) is 2.84. The Morgan fingerprint density at radius 2 is 2.39 bits per heavy atom. The fourth-order valence-corrected chi connectivity index (χ4v) is 3.77. The van der Waals surface area contributed by atoms with Crippen LogP contribution < -0.4 is 0 Å². The van der Waals surface area contributed by atoms with Crippen molar-refractivity contribution in [3.05, 3.63) is 30.1 Å². The van der Waals surface area contributed by atoms with Crippen molar-refractivity contribution in [2.24, 2.45) is 5.92 Å². The molecule has 2 atom stereocenters. The van der Waals surface area contributed by atoms with E-state index in [4.69, 9.17) is 9.47 Å². The van der Waals surface area contributed by atoms with E-state index in [1.54, 1.807) is 6.20 Å². The lowest BCUT2D eigenvalue weighted by Crippen LogP contribution is -2.50. The molecule has 0 N–H and O–H groups in total. The van der Waals surface area contributed by atoms with Crippen LogP contribution in [-0.2, 0) is 20.9 Å². The molecule has 3 fully saturated rings. The molecule has 124 valence electrons. The van der Waals surface area contributed by atoms with Gasteiger partial charge in [0.15, 0.2) is 0 Å². The number of carbonyl (C=O) groups excluding carboxylic acids is 1. The van der Waals surface area contributed by atoms with E-state index in [1.807, 2.05) is 23.2 Å². The molecule has 3 heterocycles. The van der Waals surface area contributed by atoms with Crippen molar-refractivity contribution in [2.75, 3.05) is 19.7 Å². The van der Waals surface area contributed by atoms with Crippen molar-refractivity contribution in [3.8, 4) is 0 Å². The Kier molecular flexibility index (Phi) is 4.07. The van der Waals surface area contributed by atoms with E-state index in [1.165, 1.54) is 0 Å². The first-order valence-electron chi connectivity index (χ1n) is 8.67. The third kappa shape index (κ3) is 3.40. The third-order valence-electron chi connectivity index (χ3n) is 5.16. The number of hydrogen-bond donors (Lipinski definition) is 0. The summed E-state index contributed by atoms with van der Waals surface area (Å²) in [5.41, 5.74) is 0.908. The van der Waals surface area contributed by atoms with Crippen LogP contribution in [0.15, 0.2) is 24.5 Å². The van der Waals surface area contributed by atoms with E-state index in [0.717, 1.165) is 50.8 Å². The highest BCUT2D eigenvalue weighted by atomic mass is 16.6. The van der Waals surface area contributed by atoms with E-state index in [-0.39, 0.29) is 11.7 Å². The standard InChI is InChI=1S/C18H24N2O3/c21-17(15-4-5-15)20-8-2-6-18(13-20)9-16(12-23-18)22-11-14-3-1-7-19-10-14/h1,3,7,10,15-16H,2,4-6,8-9,11-13H2/t16-,18-/m0/s1. The maximum atomic E-state index is 12.3. The second-order valence-electron chi connectivity index (χ2n) is 7.13. The van der Waals surface area contributed by atoms with Gasteiger partial charge in [0.2, 0.25) is 5.91 Å². The molecule has 4 rings (SSSR count). The molecule has 0 unspecified atom stereocenters. The molecule has 3 aliphatic rings. The molecule has 2 saturated heterocycles. The summed E-state index contributed by atoms with van der Waals surface area (Å²) in [7, 11) is 0. The molecule has 1 aromatic heterocycles. The van der Waals surface area contributed by atoms with Crippen molar-refractivity contribution in [1.82, 2.24) is 9.88 Å². The predicted molar refractivity (Wildman–Crippen MR) is 84.7 cm³/mol. The number of piperidine rings is 1. The average Bonchev–Trinajstić information content (AvgIpc) is 3.37. The number of amides is 1. The van der Waals surface area contributed by atoms with Crippen LogP contribution in [0.5, 0.6) is 0 Å². The number of carbonyl (C=O) groups is 1. The van der Waals surface area contributed by atoms with Crippen LogP contribution in [0, 0.1) is 5.92 Å². The number of aromatic nitrogens is 1. The summed E-state index contributed by atoms with van der Waals surface area (Å²) in [5, 5.41) is 0. The van der Waals surface area contributed by atoms with Crippen LogP contribution in [0.25, 0.3) is 0 Å². The van der Waals surface area contributed by atoms with Crippen LogP contribution in [0.1, 0.15) is 37.7 Å². The second-order valence-corrected chi connectivity index (χ2v) is 7.13. The van der Waals surface area contributed by atoms with Gasteiger partial charge in [-0.1, -0.05) is 6.07 Å². The van der Waals surface area contributed by atoms with Gasteiger partial charge in [0.05, 0.1) is 24.9 Å². The van der Waals surface area contributed by atoms with Gasteiger partial charge in [0.25, 0.3) is 0 Å². The Hall–Kier alpha value is -1.46. The molecule has 1 spiro atoms. The van der Waals surface area contributed by atoms with Crippen LogP contribution in [0.2, 0.25) is 0 Å². The molecule has 23 heavy (non-hydrogen) atoms.